The van der Waals surface area contributed by atoms with Gasteiger partial charge >= 0.3 is 0 Å². The standard InChI is InChI=1S/C16H31N3/c1-4-5-13-19-16(14-17-18-19)12-10-8-6-7-9-11-15(2)3/h14-15H,4-13H2,1-3H3. The molecule has 0 saturated heterocycles. The van der Waals surface area contributed by atoms with Gasteiger partial charge in [0.15, 0.2) is 0 Å². The fourth-order valence-corrected chi connectivity index (χ4v) is 2.36. The van der Waals surface area contributed by atoms with Gasteiger partial charge in [-0.1, -0.05) is 64.5 Å². The third-order valence-electron chi connectivity index (χ3n) is 3.64. The summed E-state index contributed by atoms with van der Waals surface area (Å²) < 4.78 is 2.09. The van der Waals surface area contributed by atoms with Crippen LogP contribution < -0.4 is 0 Å². The first-order valence-electron chi connectivity index (χ1n) is 8.11. The van der Waals surface area contributed by atoms with Crippen molar-refractivity contribution < 1.29 is 0 Å². The van der Waals surface area contributed by atoms with E-state index in [2.05, 4.69) is 35.8 Å². The second-order valence-electron chi connectivity index (χ2n) is 6.00. The average molecular weight is 265 g/mol. The zero-order chi connectivity index (χ0) is 13.9. The van der Waals surface area contributed by atoms with Crippen molar-refractivity contribution in [3.05, 3.63) is 11.9 Å². The van der Waals surface area contributed by atoms with E-state index in [1.165, 1.54) is 57.1 Å². The summed E-state index contributed by atoms with van der Waals surface area (Å²) in [5.41, 5.74) is 1.32. The fraction of sp³-hybridized carbons (Fsp3) is 0.875. The predicted molar refractivity (Wildman–Crippen MR) is 81.2 cm³/mol. The highest BCUT2D eigenvalue weighted by atomic mass is 15.4. The molecule has 0 aliphatic rings. The van der Waals surface area contributed by atoms with Gasteiger partial charge in [0.25, 0.3) is 0 Å². The molecule has 0 spiro atoms. The third-order valence-corrected chi connectivity index (χ3v) is 3.64. The van der Waals surface area contributed by atoms with E-state index >= 15 is 0 Å². The molecule has 1 rings (SSSR count). The molecule has 0 fully saturated rings. The van der Waals surface area contributed by atoms with Crippen molar-refractivity contribution in [1.29, 1.82) is 0 Å². The monoisotopic (exact) mass is 265 g/mol. The molecule has 0 aliphatic heterocycles. The molecule has 0 saturated carbocycles. The molecule has 1 aromatic heterocycles. The van der Waals surface area contributed by atoms with Crippen LogP contribution in [0.25, 0.3) is 0 Å². The van der Waals surface area contributed by atoms with Crippen LogP contribution >= 0.6 is 0 Å². The SMILES string of the molecule is CCCCn1nncc1CCCCCCCC(C)C. The van der Waals surface area contributed by atoms with Gasteiger partial charge in [-0.2, -0.15) is 0 Å². The molecule has 1 heterocycles. The van der Waals surface area contributed by atoms with E-state index < -0.39 is 0 Å². The highest BCUT2D eigenvalue weighted by molar-refractivity contribution is 4.93. The average Bonchev–Trinajstić information content (AvgIpc) is 2.82. The van der Waals surface area contributed by atoms with Gasteiger partial charge in [0, 0.05) is 6.54 Å². The van der Waals surface area contributed by atoms with Gasteiger partial charge in [-0.3, -0.25) is 0 Å². The summed E-state index contributed by atoms with van der Waals surface area (Å²) in [7, 11) is 0. The Balaban J connectivity index is 2.07. The number of hydrogen-bond donors (Lipinski definition) is 0. The molecule has 0 amide bonds. The Kier molecular flexibility index (Phi) is 8.52. The molecule has 0 bridgehead atoms. The molecule has 0 atom stereocenters. The van der Waals surface area contributed by atoms with Crippen molar-refractivity contribution in [2.24, 2.45) is 5.92 Å². The normalized spacial score (nSPS) is 11.4. The van der Waals surface area contributed by atoms with Gasteiger partial charge in [0.05, 0.1) is 11.9 Å². The number of rotatable bonds is 11. The summed E-state index contributed by atoms with van der Waals surface area (Å²) in [4.78, 5) is 0. The van der Waals surface area contributed by atoms with Crippen molar-refractivity contribution >= 4 is 0 Å². The number of nitrogens with zero attached hydrogens (tertiary/aromatic N) is 3. The van der Waals surface area contributed by atoms with Crippen molar-refractivity contribution in [2.75, 3.05) is 0 Å². The van der Waals surface area contributed by atoms with E-state index in [1.807, 2.05) is 6.20 Å². The van der Waals surface area contributed by atoms with Gasteiger partial charge in [-0.05, 0) is 25.2 Å². The highest BCUT2D eigenvalue weighted by Gasteiger charge is 2.03. The smallest absolute Gasteiger partial charge is 0.0725 e. The van der Waals surface area contributed by atoms with Gasteiger partial charge < -0.3 is 0 Å². The van der Waals surface area contributed by atoms with Crippen molar-refractivity contribution in [1.82, 2.24) is 15.0 Å². The van der Waals surface area contributed by atoms with Crippen LogP contribution in [0, 0.1) is 5.92 Å². The summed E-state index contributed by atoms with van der Waals surface area (Å²) in [6.45, 7) is 7.86. The molecule has 0 aliphatic carbocycles. The molecule has 0 aromatic carbocycles. The fourth-order valence-electron chi connectivity index (χ4n) is 2.36. The lowest BCUT2D eigenvalue weighted by Crippen LogP contribution is -2.05. The Morgan fingerprint density at radius 2 is 1.79 bits per heavy atom. The maximum Gasteiger partial charge on any atom is 0.0725 e. The summed E-state index contributed by atoms with van der Waals surface area (Å²) in [5, 5.41) is 8.20. The Labute approximate surface area is 118 Å². The highest BCUT2D eigenvalue weighted by Crippen LogP contribution is 2.12. The molecule has 3 heteroatoms. The van der Waals surface area contributed by atoms with Crippen LogP contribution in [0.3, 0.4) is 0 Å². The quantitative estimate of drug-likeness (QED) is 0.547. The summed E-state index contributed by atoms with van der Waals surface area (Å²) in [6, 6.07) is 0. The number of aryl methyl sites for hydroxylation is 2. The van der Waals surface area contributed by atoms with Crippen LogP contribution in [0.2, 0.25) is 0 Å². The predicted octanol–water partition coefficient (Wildman–Crippen LogP) is 4.62. The molecular weight excluding hydrogens is 234 g/mol. The topological polar surface area (TPSA) is 30.7 Å². The van der Waals surface area contributed by atoms with Crippen LogP contribution in [0.4, 0.5) is 0 Å². The summed E-state index contributed by atoms with van der Waals surface area (Å²) in [5.74, 6) is 0.860. The van der Waals surface area contributed by atoms with Gasteiger partial charge in [0.1, 0.15) is 0 Å². The van der Waals surface area contributed by atoms with E-state index in [4.69, 9.17) is 0 Å². The molecule has 110 valence electrons. The second kappa shape index (κ2) is 9.99. The van der Waals surface area contributed by atoms with Gasteiger partial charge in [-0.25, -0.2) is 4.68 Å². The van der Waals surface area contributed by atoms with Crippen molar-refractivity contribution in [2.45, 2.75) is 85.1 Å². The molecular formula is C16H31N3. The summed E-state index contributed by atoms with van der Waals surface area (Å²) in [6.07, 6.45) is 13.7. The Bertz CT molecular complexity index is 318. The van der Waals surface area contributed by atoms with Gasteiger partial charge in [0.2, 0.25) is 0 Å². The zero-order valence-corrected chi connectivity index (χ0v) is 13.1. The van der Waals surface area contributed by atoms with E-state index in [1.54, 1.807) is 0 Å². The molecule has 1 aromatic rings. The third kappa shape index (κ3) is 7.34. The lowest BCUT2D eigenvalue weighted by Gasteiger charge is -2.06. The van der Waals surface area contributed by atoms with Crippen LogP contribution in [-0.2, 0) is 13.0 Å². The lowest BCUT2D eigenvalue weighted by atomic mass is 10.0. The largest absolute Gasteiger partial charge is 0.249 e. The first-order valence-corrected chi connectivity index (χ1v) is 8.11. The van der Waals surface area contributed by atoms with Crippen LogP contribution in [0.1, 0.15) is 77.8 Å². The van der Waals surface area contributed by atoms with Crippen LogP contribution in [0.5, 0.6) is 0 Å². The molecule has 3 nitrogen and oxygen atoms in total. The first kappa shape index (κ1) is 16.2. The van der Waals surface area contributed by atoms with Crippen LogP contribution in [-0.4, -0.2) is 15.0 Å². The van der Waals surface area contributed by atoms with Crippen molar-refractivity contribution in [3.8, 4) is 0 Å². The number of hydrogen-bond acceptors (Lipinski definition) is 2. The Hall–Kier alpha value is -0.860. The molecule has 0 N–H and O–H groups in total. The molecule has 0 radical (unpaired) electrons. The van der Waals surface area contributed by atoms with Gasteiger partial charge in [-0.15, -0.1) is 5.10 Å². The first-order chi connectivity index (χ1) is 9.24. The maximum absolute atomic E-state index is 4.17. The zero-order valence-electron chi connectivity index (χ0n) is 13.1. The second-order valence-corrected chi connectivity index (χ2v) is 6.00. The minimum atomic E-state index is 0.860. The Morgan fingerprint density at radius 1 is 1.05 bits per heavy atom. The van der Waals surface area contributed by atoms with Crippen molar-refractivity contribution in [3.63, 3.8) is 0 Å². The minimum Gasteiger partial charge on any atom is -0.249 e. The Morgan fingerprint density at radius 3 is 2.53 bits per heavy atom. The lowest BCUT2D eigenvalue weighted by molar-refractivity contribution is 0.505. The van der Waals surface area contributed by atoms with E-state index in [9.17, 15) is 0 Å². The van der Waals surface area contributed by atoms with Crippen LogP contribution in [0.15, 0.2) is 6.20 Å². The van der Waals surface area contributed by atoms with E-state index in [0.29, 0.717) is 0 Å². The summed E-state index contributed by atoms with van der Waals surface area (Å²) >= 11 is 0. The molecule has 19 heavy (non-hydrogen) atoms. The minimum absolute atomic E-state index is 0.860. The molecule has 0 unspecified atom stereocenters. The number of aromatic nitrogens is 3. The van der Waals surface area contributed by atoms with E-state index in [0.717, 1.165) is 18.9 Å². The number of unbranched alkanes of at least 4 members (excludes halogenated alkanes) is 5. The van der Waals surface area contributed by atoms with E-state index in [-0.39, 0.29) is 0 Å². The maximum atomic E-state index is 4.17.